The summed E-state index contributed by atoms with van der Waals surface area (Å²) >= 11 is 0. The zero-order valence-electron chi connectivity index (χ0n) is 28.6. The summed E-state index contributed by atoms with van der Waals surface area (Å²) in [6, 6.07) is 0. The predicted octanol–water partition coefficient (Wildman–Crippen LogP) is 13.6. The van der Waals surface area contributed by atoms with Crippen LogP contribution >= 0.6 is 10.9 Å². The normalized spacial score (nSPS) is 11.7. The van der Waals surface area contributed by atoms with E-state index in [0.717, 1.165) is 31.3 Å². The van der Waals surface area contributed by atoms with E-state index in [1.54, 1.807) is 6.92 Å². The van der Waals surface area contributed by atoms with Crippen LogP contribution < -0.4 is 0 Å². The number of hydrogen-bond acceptors (Lipinski definition) is 4. The number of unbranched alkanes of at least 4 members (excludes halogenated alkanes) is 21. The van der Waals surface area contributed by atoms with Crippen molar-refractivity contribution in [1.29, 1.82) is 0 Å². The highest BCUT2D eigenvalue weighted by Crippen LogP contribution is 2.32. The Labute approximate surface area is 264 Å². The Morgan fingerprint density at radius 2 is 0.714 bits per heavy atom. The van der Waals surface area contributed by atoms with Crippen molar-refractivity contribution in [3.8, 4) is 0 Å². The predicted molar refractivity (Wildman–Crippen MR) is 187 cm³/mol. The van der Waals surface area contributed by atoms with Crippen LogP contribution in [-0.4, -0.2) is 30.5 Å². The molecule has 254 valence electrons. The maximum Gasteiger partial charge on any atom is 0.331 e. The van der Waals surface area contributed by atoms with Gasteiger partial charge in [-0.3, -0.25) is 0 Å². The highest BCUT2D eigenvalue weighted by atomic mass is 32.3. The van der Waals surface area contributed by atoms with Crippen molar-refractivity contribution in [1.82, 2.24) is 0 Å². The smallest absolute Gasteiger partial charge is 0.331 e. The quantitative estimate of drug-likeness (QED) is 0.0474. The van der Waals surface area contributed by atoms with E-state index in [1.807, 2.05) is 0 Å². The number of rotatable bonds is 30. The van der Waals surface area contributed by atoms with Crippen LogP contribution in [0.4, 0.5) is 0 Å². The maximum absolute atomic E-state index is 12.2. The second-order valence-electron chi connectivity index (χ2n) is 12.4. The van der Waals surface area contributed by atoms with Crippen molar-refractivity contribution in [3.63, 3.8) is 0 Å². The van der Waals surface area contributed by atoms with Gasteiger partial charge in [0.05, 0.1) is 10.9 Å². The van der Waals surface area contributed by atoms with Gasteiger partial charge in [-0.1, -0.05) is 168 Å². The summed E-state index contributed by atoms with van der Waals surface area (Å²) in [5.41, 5.74) is 2.07. The molecule has 0 radical (unpaired) electrons. The van der Waals surface area contributed by atoms with Gasteiger partial charge in [-0.25, -0.2) is 4.79 Å². The molecule has 42 heavy (non-hydrogen) atoms. The van der Waals surface area contributed by atoms with Gasteiger partial charge in [-0.15, -0.1) is 0 Å². The molecule has 0 aromatic carbocycles. The summed E-state index contributed by atoms with van der Waals surface area (Å²) in [6.07, 6.45) is 34.6. The Hall–Kier alpha value is -0.560. The van der Waals surface area contributed by atoms with Crippen LogP contribution in [-0.2, 0) is 4.79 Å². The van der Waals surface area contributed by atoms with Crippen molar-refractivity contribution in [2.45, 2.75) is 207 Å². The van der Waals surface area contributed by atoms with E-state index in [1.165, 1.54) is 153 Å². The molecule has 0 fully saturated rings. The van der Waals surface area contributed by atoms with Crippen LogP contribution in [0.25, 0.3) is 0 Å². The van der Waals surface area contributed by atoms with Crippen molar-refractivity contribution < 1.29 is 23.6 Å². The second kappa shape index (κ2) is 33.3. The summed E-state index contributed by atoms with van der Waals surface area (Å²) in [4.78, 5) is 12.2. The fourth-order valence-electron chi connectivity index (χ4n) is 5.52. The van der Waals surface area contributed by atoms with Crippen LogP contribution in [0.1, 0.15) is 207 Å². The lowest BCUT2D eigenvalue weighted by atomic mass is 9.92. The first kappa shape index (κ1) is 43.6. The SMILES string of the molecule is CCCCCCCCCCC(CCCCCCCCCC)=C(CCCCCCCCCC)C(=O)O.CCCS(O)(O)O. The Morgan fingerprint density at radius 3 is 0.952 bits per heavy atom. The summed E-state index contributed by atoms with van der Waals surface area (Å²) in [6.45, 7) is 8.57. The van der Waals surface area contributed by atoms with E-state index >= 15 is 0 Å². The molecule has 4 N–H and O–H groups in total. The monoisotopic (exact) mass is 619 g/mol. The molecule has 0 aliphatic rings. The molecule has 0 amide bonds. The highest BCUT2D eigenvalue weighted by molar-refractivity contribution is 8.19. The maximum atomic E-state index is 12.2. The van der Waals surface area contributed by atoms with E-state index < -0.39 is 16.8 Å². The first-order valence-electron chi connectivity index (χ1n) is 18.2. The molecule has 5 nitrogen and oxygen atoms in total. The number of allylic oxidation sites excluding steroid dienone is 1. The van der Waals surface area contributed by atoms with Gasteiger partial charge in [-0.2, -0.15) is 0 Å². The Morgan fingerprint density at radius 1 is 0.429 bits per heavy atom. The average molecular weight is 619 g/mol. The third-order valence-corrected chi connectivity index (χ3v) is 9.06. The zero-order chi connectivity index (χ0) is 31.7. The zero-order valence-corrected chi connectivity index (χ0v) is 29.4. The molecule has 6 heteroatoms. The van der Waals surface area contributed by atoms with Crippen molar-refractivity contribution in [3.05, 3.63) is 11.1 Å². The Bertz CT molecular complexity index is 578. The van der Waals surface area contributed by atoms with E-state index in [4.69, 9.17) is 13.7 Å². The van der Waals surface area contributed by atoms with E-state index in [9.17, 15) is 9.90 Å². The third kappa shape index (κ3) is 33.9. The van der Waals surface area contributed by atoms with Gasteiger partial charge in [0.2, 0.25) is 0 Å². The lowest BCUT2D eigenvalue weighted by molar-refractivity contribution is -0.132. The van der Waals surface area contributed by atoms with Crippen LogP contribution in [0, 0.1) is 0 Å². The van der Waals surface area contributed by atoms with Gasteiger partial charge in [0.15, 0.2) is 0 Å². The molecule has 0 atom stereocenters. The van der Waals surface area contributed by atoms with E-state index in [-0.39, 0.29) is 5.75 Å². The van der Waals surface area contributed by atoms with Crippen molar-refractivity contribution in [2.75, 3.05) is 5.75 Å². The lowest BCUT2D eigenvalue weighted by Crippen LogP contribution is -2.06. The molecule has 0 aromatic heterocycles. The van der Waals surface area contributed by atoms with Crippen molar-refractivity contribution >= 4 is 16.8 Å². The summed E-state index contributed by atoms with van der Waals surface area (Å²) in [7, 11) is -3.17. The molecule has 0 spiro atoms. The van der Waals surface area contributed by atoms with Crippen LogP contribution in [0.2, 0.25) is 0 Å². The molecule has 0 bridgehead atoms. The molecule has 0 aliphatic carbocycles. The highest BCUT2D eigenvalue weighted by Gasteiger charge is 2.14. The molecule has 0 aliphatic heterocycles. The number of aliphatic carboxylic acids is 1. The second-order valence-corrected chi connectivity index (χ2v) is 14.1. The molecule has 0 rings (SSSR count). The summed E-state index contributed by atoms with van der Waals surface area (Å²) in [5, 5.41) is 10.0. The average Bonchev–Trinajstić information content (AvgIpc) is 2.93. The summed E-state index contributed by atoms with van der Waals surface area (Å²) in [5.74, 6) is -0.547. The van der Waals surface area contributed by atoms with Gasteiger partial charge in [0, 0.05) is 11.3 Å². The molecule has 0 unspecified atom stereocenters. The minimum Gasteiger partial charge on any atom is -0.478 e. The molecule has 0 aromatic rings. The fraction of sp³-hybridized carbons (Fsp3) is 0.917. The van der Waals surface area contributed by atoms with Gasteiger partial charge in [0.25, 0.3) is 0 Å². The molecule has 0 saturated heterocycles. The third-order valence-electron chi connectivity index (χ3n) is 8.11. The standard InChI is InChI=1S/C33H64O2.C3H10O3S/c1-4-7-10-13-16-19-22-25-28-31(29-26-23-20-17-14-11-8-5-2)32(33(34)35)30-27-24-21-18-15-12-9-6-3;1-2-3-7(4,5)6/h4-30H2,1-3H3,(H,34,35);4-6H,2-3H2,1H3. The number of carbonyl (C=O) groups is 1. The lowest BCUT2D eigenvalue weighted by Gasteiger charge is -2.16. The van der Waals surface area contributed by atoms with Crippen LogP contribution in [0.5, 0.6) is 0 Å². The minimum atomic E-state index is -3.17. The minimum absolute atomic E-state index is 0.0903. The molecular weight excluding hydrogens is 544 g/mol. The van der Waals surface area contributed by atoms with Gasteiger partial charge >= 0.3 is 5.97 Å². The number of carboxylic acid groups (broad SMARTS) is 1. The number of hydrogen-bond donors (Lipinski definition) is 4. The van der Waals surface area contributed by atoms with Gasteiger partial charge < -0.3 is 18.8 Å². The summed E-state index contributed by atoms with van der Waals surface area (Å²) < 4.78 is 24.6. The molecule has 0 heterocycles. The van der Waals surface area contributed by atoms with Crippen LogP contribution in [0.3, 0.4) is 0 Å². The topological polar surface area (TPSA) is 98.0 Å². The Balaban J connectivity index is 0. The van der Waals surface area contributed by atoms with Crippen LogP contribution in [0.15, 0.2) is 11.1 Å². The van der Waals surface area contributed by atoms with Gasteiger partial charge in [0.1, 0.15) is 0 Å². The molecule has 0 saturated carbocycles. The first-order chi connectivity index (χ1) is 20.2. The molecular formula is C36H74O5S. The Kier molecular flexibility index (Phi) is 34.6. The first-order valence-corrected chi connectivity index (χ1v) is 19.8. The van der Waals surface area contributed by atoms with Crippen molar-refractivity contribution in [2.24, 2.45) is 0 Å². The number of carboxylic acids is 1. The largest absolute Gasteiger partial charge is 0.478 e. The fourth-order valence-corrected chi connectivity index (χ4v) is 6.06. The van der Waals surface area contributed by atoms with E-state index in [2.05, 4.69) is 20.8 Å². The van der Waals surface area contributed by atoms with E-state index in [0.29, 0.717) is 6.42 Å². The van der Waals surface area contributed by atoms with Gasteiger partial charge in [-0.05, 0) is 44.9 Å².